The molecule has 0 saturated heterocycles. The van der Waals surface area contributed by atoms with E-state index < -0.39 is 50.6 Å². The average Bonchev–Trinajstić information content (AvgIpc) is 3.41. The summed E-state index contributed by atoms with van der Waals surface area (Å²) >= 11 is 0. The molecule has 1 saturated carbocycles. The Labute approximate surface area is 324 Å². The highest BCUT2D eigenvalue weighted by Crippen LogP contribution is 2.43. The molecule has 0 amide bonds. The highest BCUT2D eigenvalue weighted by Gasteiger charge is 2.39. The third-order valence-electron chi connectivity index (χ3n) is 9.38. The Morgan fingerprint density at radius 1 is 0.833 bits per heavy atom. The zero-order chi connectivity index (χ0) is 39.9. The SMILES string of the molecule is CCCCCC/C=C\CCCCCCCC(=O)OC[C@H](COP(=O)(O)OCCN)OC(=O)CCC/C=C\C[C@H]1[C@@H](O)CC(=O)[C@@H]1/C=C/[C@@H](O)CCCCC. The van der Waals surface area contributed by atoms with Crippen LogP contribution < -0.4 is 5.73 Å². The van der Waals surface area contributed by atoms with Gasteiger partial charge in [0.05, 0.1) is 25.4 Å². The van der Waals surface area contributed by atoms with E-state index in [0.717, 1.165) is 57.8 Å². The Kier molecular flexibility index (Phi) is 29.5. The molecule has 0 aliphatic heterocycles. The number of Topliss-reactive ketones (excluding diaryl/α,β-unsaturated/α-hetero) is 1. The van der Waals surface area contributed by atoms with E-state index in [1.807, 2.05) is 12.2 Å². The van der Waals surface area contributed by atoms with Gasteiger partial charge in [0.15, 0.2) is 6.10 Å². The number of aliphatic hydroxyl groups excluding tert-OH is 2. The van der Waals surface area contributed by atoms with Crippen LogP contribution in [0.5, 0.6) is 0 Å². The number of carbonyl (C=O) groups excluding carboxylic acids is 3. The topological polar surface area (TPSA) is 192 Å². The zero-order valence-electron chi connectivity index (χ0n) is 33.2. The van der Waals surface area contributed by atoms with Crippen LogP contribution in [0.1, 0.15) is 149 Å². The standard InChI is InChI=1S/C41H72NO11P/c1-3-5-7-8-9-10-11-12-13-14-15-16-21-25-40(46)50-32-35(33-52-54(48,49)51-30-29-42)53-41(47)26-22-18-17-20-24-36-37(39(45)31-38(36)44)28-27-34(43)23-19-6-4-2/h10-11,17,20,27-28,34-38,43-44H,3-9,12-16,18-19,21-26,29-33,42H2,1-2H3,(H,48,49)/b11-10-,20-17-,28-27+/t34-,35+,36+,37+,38-/m0/s1. The van der Waals surface area contributed by atoms with Crippen molar-refractivity contribution in [1.82, 2.24) is 0 Å². The van der Waals surface area contributed by atoms with Crippen molar-refractivity contribution in [3.05, 3.63) is 36.5 Å². The van der Waals surface area contributed by atoms with Gasteiger partial charge < -0.3 is 30.3 Å². The number of carbonyl (C=O) groups is 3. The van der Waals surface area contributed by atoms with Gasteiger partial charge in [0.1, 0.15) is 12.4 Å². The first-order chi connectivity index (χ1) is 26.0. The number of phosphoric acid groups is 1. The fourth-order valence-electron chi connectivity index (χ4n) is 6.20. The highest BCUT2D eigenvalue weighted by atomic mass is 31.2. The summed E-state index contributed by atoms with van der Waals surface area (Å²) in [5.41, 5.74) is 5.33. The number of ether oxygens (including phenoxy) is 2. The zero-order valence-corrected chi connectivity index (χ0v) is 34.1. The molecule has 0 aromatic heterocycles. The van der Waals surface area contributed by atoms with Crippen LogP contribution in [0.15, 0.2) is 36.5 Å². The Balaban J connectivity index is 2.46. The Bertz CT molecular complexity index is 1140. The van der Waals surface area contributed by atoms with Gasteiger partial charge in [0.25, 0.3) is 0 Å². The van der Waals surface area contributed by atoms with Crippen LogP contribution in [-0.4, -0.2) is 77.5 Å². The second-order valence-corrected chi connectivity index (χ2v) is 15.7. The van der Waals surface area contributed by atoms with Crippen LogP contribution in [0.4, 0.5) is 0 Å². The fraction of sp³-hybridized carbons (Fsp3) is 0.780. The Hall–Kier alpha value is -2.18. The molecular formula is C41H72NO11P. The van der Waals surface area contributed by atoms with Gasteiger partial charge in [0.2, 0.25) is 0 Å². The molecule has 0 heterocycles. The molecule has 1 aliphatic rings. The number of phosphoric ester groups is 1. The second kappa shape index (κ2) is 32.0. The normalized spacial score (nSPS) is 19.9. The second-order valence-electron chi connectivity index (χ2n) is 14.3. The summed E-state index contributed by atoms with van der Waals surface area (Å²) in [6, 6.07) is 0. The molecule has 54 heavy (non-hydrogen) atoms. The van der Waals surface area contributed by atoms with Crippen molar-refractivity contribution in [2.45, 2.75) is 167 Å². The van der Waals surface area contributed by atoms with Crippen LogP contribution in [0.2, 0.25) is 0 Å². The van der Waals surface area contributed by atoms with Crippen LogP contribution in [0.3, 0.4) is 0 Å². The molecule has 0 aromatic rings. The number of unbranched alkanes of at least 4 members (excludes halogenated alkanes) is 12. The van der Waals surface area contributed by atoms with Crippen molar-refractivity contribution >= 4 is 25.5 Å². The molecule has 1 unspecified atom stereocenters. The molecule has 0 aromatic carbocycles. The number of rotatable bonds is 34. The molecule has 13 heteroatoms. The molecule has 0 bridgehead atoms. The van der Waals surface area contributed by atoms with Gasteiger partial charge in [-0.15, -0.1) is 0 Å². The lowest BCUT2D eigenvalue weighted by Crippen LogP contribution is -2.29. The van der Waals surface area contributed by atoms with Crippen molar-refractivity contribution in [3.63, 3.8) is 0 Å². The monoisotopic (exact) mass is 785 g/mol. The molecule has 312 valence electrons. The maximum atomic E-state index is 12.7. The maximum absolute atomic E-state index is 12.7. The summed E-state index contributed by atoms with van der Waals surface area (Å²) in [6.07, 6.45) is 26.9. The molecule has 0 spiro atoms. The number of hydrogen-bond acceptors (Lipinski definition) is 11. The van der Waals surface area contributed by atoms with Gasteiger partial charge in [-0.3, -0.25) is 23.4 Å². The van der Waals surface area contributed by atoms with Crippen LogP contribution in [0, 0.1) is 11.8 Å². The van der Waals surface area contributed by atoms with Gasteiger partial charge in [0, 0.05) is 37.6 Å². The Morgan fingerprint density at radius 2 is 1.44 bits per heavy atom. The van der Waals surface area contributed by atoms with Crippen molar-refractivity contribution in [2.24, 2.45) is 17.6 Å². The molecule has 5 N–H and O–H groups in total. The number of esters is 2. The van der Waals surface area contributed by atoms with Gasteiger partial charge in [-0.2, -0.15) is 0 Å². The number of aliphatic hydroxyl groups is 2. The van der Waals surface area contributed by atoms with Gasteiger partial charge >= 0.3 is 19.8 Å². The van der Waals surface area contributed by atoms with Crippen LogP contribution in [0.25, 0.3) is 0 Å². The highest BCUT2D eigenvalue weighted by molar-refractivity contribution is 7.47. The average molecular weight is 786 g/mol. The minimum absolute atomic E-state index is 0.00887. The lowest BCUT2D eigenvalue weighted by atomic mass is 9.90. The van der Waals surface area contributed by atoms with Crippen molar-refractivity contribution < 1.29 is 52.6 Å². The van der Waals surface area contributed by atoms with E-state index in [1.54, 1.807) is 12.2 Å². The number of allylic oxidation sites excluding steroid dienone is 5. The molecular weight excluding hydrogens is 713 g/mol. The minimum Gasteiger partial charge on any atom is -0.462 e. The Morgan fingerprint density at radius 3 is 2.15 bits per heavy atom. The largest absolute Gasteiger partial charge is 0.472 e. The fourth-order valence-corrected chi connectivity index (χ4v) is 6.96. The summed E-state index contributed by atoms with van der Waals surface area (Å²) in [6.45, 7) is 3.27. The number of ketones is 1. The van der Waals surface area contributed by atoms with Gasteiger partial charge in [-0.25, -0.2) is 4.57 Å². The van der Waals surface area contributed by atoms with Crippen molar-refractivity contribution in [2.75, 3.05) is 26.4 Å². The smallest absolute Gasteiger partial charge is 0.462 e. The van der Waals surface area contributed by atoms with E-state index in [4.69, 9.17) is 24.3 Å². The summed E-state index contributed by atoms with van der Waals surface area (Å²) in [5, 5.41) is 20.7. The third kappa shape index (κ3) is 25.8. The van der Waals surface area contributed by atoms with Crippen molar-refractivity contribution in [1.29, 1.82) is 0 Å². The van der Waals surface area contributed by atoms with Gasteiger partial charge in [-0.05, 0) is 57.8 Å². The van der Waals surface area contributed by atoms with Gasteiger partial charge in [-0.1, -0.05) is 108 Å². The lowest BCUT2D eigenvalue weighted by Gasteiger charge is -2.19. The first-order valence-corrected chi connectivity index (χ1v) is 22.1. The predicted molar refractivity (Wildman–Crippen MR) is 211 cm³/mol. The quantitative estimate of drug-likeness (QED) is 0.0213. The van der Waals surface area contributed by atoms with E-state index in [9.17, 15) is 34.1 Å². The molecule has 0 radical (unpaired) electrons. The van der Waals surface area contributed by atoms with Crippen molar-refractivity contribution in [3.8, 4) is 0 Å². The molecule has 1 rings (SSSR count). The summed E-state index contributed by atoms with van der Waals surface area (Å²) in [7, 11) is -4.45. The maximum Gasteiger partial charge on any atom is 0.472 e. The molecule has 1 aliphatic carbocycles. The van der Waals surface area contributed by atoms with E-state index >= 15 is 0 Å². The minimum atomic E-state index is -4.45. The van der Waals surface area contributed by atoms with E-state index in [-0.39, 0.29) is 50.7 Å². The van der Waals surface area contributed by atoms with Crippen LogP contribution in [-0.2, 0) is 37.5 Å². The first-order valence-electron chi connectivity index (χ1n) is 20.6. The summed E-state index contributed by atoms with van der Waals surface area (Å²) in [4.78, 5) is 47.4. The molecule has 1 fully saturated rings. The predicted octanol–water partition coefficient (Wildman–Crippen LogP) is 7.97. The third-order valence-corrected chi connectivity index (χ3v) is 10.4. The number of hydrogen-bond donors (Lipinski definition) is 4. The lowest BCUT2D eigenvalue weighted by molar-refractivity contribution is -0.161. The van der Waals surface area contributed by atoms with Crippen LogP contribution >= 0.6 is 7.82 Å². The summed E-state index contributed by atoms with van der Waals surface area (Å²) < 4.78 is 32.6. The molecule has 12 nitrogen and oxygen atoms in total. The first kappa shape index (κ1) is 49.8. The molecule has 6 atom stereocenters. The van der Waals surface area contributed by atoms with E-state index in [2.05, 4.69) is 26.0 Å². The van der Waals surface area contributed by atoms with E-state index in [0.29, 0.717) is 32.1 Å². The van der Waals surface area contributed by atoms with E-state index in [1.165, 1.54) is 25.7 Å². The summed E-state index contributed by atoms with van der Waals surface area (Å²) in [5.74, 6) is -1.80. The number of nitrogens with two attached hydrogens (primary N) is 1.